The summed E-state index contributed by atoms with van der Waals surface area (Å²) in [5.41, 5.74) is 0.858. The zero-order valence-corrected chi connectivity index (χ0v) is 10.3. The molecular formula is C13H20N2O2. The fourth-order valence-electron chi connectivity index (χ4n) is 2.20. The smallest absolute Gasteiger partial charge is 0.242 e. The van der Waals surface area contributed by atoms with Crippen LogP contribution in [0.25, 0.3) is 0 Å². The Morgan fingerprint density at radius 2 is 2.12 bits per heavy atom. The third-order valence-corrected chi connectivity index (χ3v) is 3.28. The van der Waals surface area contributed by atoms with Crippen LogP contribution >= 0.6 is 0 Å². The van der Waals surface area contributed by atoms with Crippen LogP contribution < -0.4 is 0 Å². The number of piperidine rings is 1. The summed E-state index contributed by atoms with van der Waals surface area (Å²) < 4.78 is 1.85. The van der Waals surface area contributed by atoms with Crippen molar-refractivity contribution in [2.24, 2.45) is 0 Å². The van der Waals surface area contributed by atoms with Crippen molar-refractivity contribution in [3.8, 4) is 0 Å². The molecule has 1 aliphatic rings. The molecule has 0 aromatic carbocycles. The van der Waals surface area contributed by atoms with E-state index in [0.29, 0.717) is 6.54 Å². The minimum absolute atomic E-state index is 0.178. The molecule has 94 valence electrons. The molecule has 2 heterocycles. The maximum absolute atomic E-state index is 12.0. The molecule has 2 rings (SSSR count). The van der Waals surface area contributed by atoms with Gasteiger partial charge in [0.2, 0.25) is 5.91 Å². The van der Waals surface area contributed by atoms with Crippen molar-refractivity contribution in [3.05, 3.63) is 24.0 Å². The number of nitrogens with zero attached hydrogens (tertiary/aromatic N) is 2. The van der Waals surface area contributed by atoms with Crippen LogP contribution in [0.4, 0.5) is 0 Å². The largest absolute Gasteiger partial charge is 0.389 e. The van der Waals surface area contributed by atoms with Gasteiger partial charge in [-0.25, -0.2) is 0 Å². The molecule has 1 atom stereocenters. The first-order chi connectivity index (χ1) is 8.16. The monoisotopic (exact) mass is 236 g/mol. The van der Waals surface area contributed by atoms with Crippen LogP contribution in [0.15, 0.2) is 18.5 Å². The lowest BCUT2D eigenvalue weighted by Gasteiger charge is -2.26. The van der Waals surface area contributed by atoms with Crippen molar-refractivity contribution in [1.29, 1.82) is 0 Å². The molecular weight excluding hydrogens is 216 g/mol. The van der Waals surface area contributed by atoms with Gasteiger partial charge in [-0.3, -0.25) is 4.79 Å². The lowest BCUT2D eigenvalue weighted by molar-refractivity contribution is -0.132. The molecule has 1 aliphatic heterocycles. The first kappa shape index (κ1) is 12.2. The summed E-state index contributed by atoms with van der Waals surface area (Å²) in [6, 6.07) is 1.86. The normalized spacial score (nSPS) is 18.1. The van der Waals surface area contributed by atoms with Gasteiger partial charge >= 0.3 is 0 Å². The van der Waals surface area contributed by atoms with Gasteiger partial charge in [0.1, 0.15) is 6.54 Å². The highest BCUT2D eigenvalue weighted by Crippen LogP contribution is 2.13. The Bertz CT molecular complexity index is 379. The van der Waals surface area contributed by atoms with E-state index in [2.05, 4.69) is 0 Å². The standard InChI is InChI=1S/C13H20N2O2/c1-11(16)12-5-8-14(9-12)10-13(17)15-6-3-2-4-7-15/h5,8-9,11,16H,2-4,6-7,10H2,1H3. The second-order valence-corrected chi connectivity index (χ2v) is 4.73. The summed E-state index contributed by atoms with van der Waals surface area (Å²) >= 11 is 0. The topological polar surface area (TPSA) is 45.5 Å². The van der Waals surface area contributed by atoms with Crippen LogP contribution in [0.3, 0.4) is 0 Å². The molecule has 1 fully saturated rings. The van der Waals surface area contributed by atoms with Gasteiger partial charge in [-0.1, -0.05) is 0 Å². The molecule has 1 saturated heterocycles. The molecule has 1 aromatic heterocycles. The molecule has 0 bridgehead atoms. The molecule has 1 unspecified atom stereocenters. The van der Waals surface area contributed by atoms with Gasteiger partial charge in [0.05, 0.1) is 6.10 Å². The fraction of sp³-hybridized carbons (Fsp3) is 0.615. The molecule has 0 radical (unpaired) electrons. The third kappa shape index (κ3) is 3.09. The Balaban J connectivity index is 1.92. The van der Waals surface area contributed by atoms with Crippen molar-refractivity contribution in [3.63, 3.8) is 0 Å². The predicted octanol–water partition coefficient (Wildman–Crippen LogP) is 1.55. The molecule has 1 amide bonds. The Labute approximate surface area is 102 Å². The molecule has 0 saturated carbocycles. The minimum atomic E-state index is -0.471. The Kier molecular flexibility index (Phi) is 3.84. The predicted molar refractivity (Wildman–Crippen MR) is 65.5 cm³/mol. The lowest BCUT2D eigenvalue weighted by atomic mass is 10.1. The molecule has 4 heteroatoms. The fourth-order valence-corrected chi connectivity index (χ4v) is 2.20. The van der Waals surface area contributed by atoms with Crippen molar-refractivity contribution >= 4 is 5.91 Å². The van der Waals surface area contributed by atoms with Crippen LogP contribution in [-0.2, 0) is 11.3 Å². The van der Waals surface area contributed by atoms with E-state index in [1.165, 1.54) is 6.42 Å². The number of carbonyl (C=O) groups excluding carboxylic acids is 1. The number of aliphatic hydroxyl groups excluding tert-OH is 1. The second-order valence-electron chi connectivity index (χ2n) is 4.73. The molecule has 1 aromatic rings. The van der Waals surface area contributed by atoms with Gasteiger partial charge in [-0.05, 0) is 37.8 Å². The third-order valence-electron chi connectivity index (χ3n) is 3.28. The van der Waals surface area contributed by atoms with Crippen LogP contribution in [0.1, 0.15) is 37.9 Å². The first-order valence-corrected chi connectivity index (χ1v) is 6.28. The van der Waals surface area contributed by atoms with Crippen LogP contribution in [0.2, 0.25) is 0 Å². The summed E-state index contributed by atoms with van der Waals surface area (Å²) in [4.78, 5) is 13.9. The number of aliphatic hydroxyl groups is 1. The molecule has 4 nitrogen and oxygen atoms in total. The number of hydrogen-bond donors (Lipinski definition) is 1. The highest BCUT2D eigenvalue weighted by atomic mass is 16.3. The number of rotatable bonds is 3. The van der Waals surface area contributed by atoms with E-state index < -0.39 is 6.10 Å². The van der Waals surface area contributed by atoms with E-state index in [1.54, 1.807) is 6.92 Å². The van der Waals surface area contributed by atoms with Gasteiger partial charge < -0.3 is 14.6 Å². The number of hydrogen-bond acceptors (Lipinski definition) is 2. The number of aromatic nitrogens is 1. The van der Waals surface area contributed by atoms with E-state index in [0.717, 1.165) is 31.5 Å². The summed E-state index contributed by atoms with van der Waals surface area (Å²) in [5.74, 6) is 0.178. The average molecular weight is 236 g/mol. The van der Waals surface area contributed by atoms with Gasteiger partial charge in [0.25, 0.3) is 0 Å². The first-order valence-electron chi connectivity index (χ1n) is 6.28. The van der Waals surface area contributed by atoms with E-state index >= 15 is 0 Å². The molecule has 17 heavy (non-hydrogen) atoms. The summed E-state index contributed by atoms with van der Waals surface area (Å²) in [7, 11) is 0. The van der Waals surface area contributed by atoms with E-state index in [4.69, 9.17) is 0 Å². The van der Waals surface area contributed by atoms with Crippen LogP contribution in [0.5, 0.6) is 0 Å². The number of likely N-dealkylation sites (tertiary alicyclic amines) is 1. The summed E-state index contributed by atoms with van der Waals surface area (Å²) in [6.07, 6.45) is 6.70. The number of amides is 1. The Morgan fingerprint density at radius 3 is 2.71 bits per heavy atom. The Morgan fingerprint density at radius 1 is 1.41 bits per heavy atom. The van der Waals surface area contributed by atoms with Crippen molar-refractivity contribution in [2.45, 2.75) is 38.8 Å². The maximum Gasteiger partial charge on any atom is 0.242 e. The van der Waals surface area contributed by atoms with E-state index in [-0.39, 0.29) is 5.91 Å². The number of carbonyl (C=O) groups is 1. The van der Waals surface area contributed by atoms with E-state index in [9.17, 15) is 9.90 Å². The minimum Gasteiger partial charge on any atom is -0.389 e. The van der Waals surface area contributed by atoms with Gasteiger partial charge in [-0.15, -0.1) is 0 Å². The van der Waals surface area contributed by atoms with Crippen LogP contribution in [0, 0.1) is 0 Å². The van der Waals surface area contributed by atoms with Crippen molar-refractivity contribution in [1.82, 2.24) is 9.47 Å². The SMILES string of the molecule is CC(O)c1ccn(CC(=O)N2CCCCC2)c1. The highest BCUT2D eigenvalue weighted by molar-refractivity contribution is 5.76. The van der Waals surface area contributed by atoms with Crippen molar-refractivity contribution < 1.29 is 9.90 Å². The van der Waals surface area contributed by atoms with Crippen LogP contribution in [-0.4, -0.2) is 33.6 Å². The quantitative estimate of drug-likeness (QED) is 0.865. The maximum atomic E-state index is 12.0. The average Bonchev–Trinajstić information content (AvgIpc) is 2.79. The summed E-state index contributed by atoms with van der Waals surface area (Å²) in [5, 5.41) is 9.41. The molecule has 1 N–H and O–H groups in total. The molecule has 0 aliphatic carbocycles. The zero-order chi connectivity index (χ0) is 12.3. The lowest BCUT2D eigenvalue weighted by Crippen LogP contribution is -2.37. The van der Waals surface area contributed by atoms with E-state index in [1.807, 2.05) is 27.9 Å². The highest BCUT2D eigenvalue weighted by Gasteiger charge is 2.16. The van der Waals surface area contributed by atoms with Gasteiger partial charge in [0.15, 0.2) is 0 Å². The molecule has 0 spiro atoms. The Hall–Kier alpha value is -1.29. The van der Waals surface area contributed by atoms with Gasteiger partial charge in [-0.2, -0.15) is 0 Å². The zero-order valence-electron chi connectivity index (χ0n) is 10.3. The van der Waals surface area contributed by atoms with Crippen molar-refractivity contribution in [2.75, 3.05) is 13.1 Å². The second kappa shape index (κ2) is 5.36. The summed E-state index contributed by atoms with van der Waals surface area (Å²) in [6.45, 7) is 3.89. The van der Waals surface area contributed by atoms with Gasteiger partial charge in [0, 0.05) is 25.5 Å².